The van der Waals surface area contributed by atoms with Crippen molar-refractivity contribution < 1.29 is 13.4 Å². The summed E-state index contributed by atoms with van der Waals surface area (Å²) in [6.07, 6.45) is 11.0. The van der Waals surface area contributed by atoms with E-state index in [0.29, 0.717) is 12.4 Å². The van der Waals surface area contributed by atoms with Crippen LogP contribution in [0.5, 0.6) is 0 Å². The van der Waals surface area contributed by atoms with Crippen molar-refractivity contribution in [1.82, 2.24) is 19.5 Å². The van der Waals surface area contributed by atoms with E-state index in [2.05, 4.69) is 26.2 Å². The number of nitrogens with zero attached hydrogens (tertiary/aromatic N) is 3. The molecule has 8 nitrogen and oxygen atoms in total. The number of carbonyl (C=O) groups is 1. The van der Waals surface area contributed by atoms with Gasteiger partial charge in [-0.05, 0) is 66.8 Å². The van der Waals surface area contributed by atoms with Crippen LogP contribution < -0.4 is 10.0 Å². The van der Waals surface area contributed by atoms with Gasteiger partial charge in [-0.2, -0.15) is 5.10 Å². The fraction of sp³-hybridized carbons (Fsp3) is 0.350. The van der Waals surface area contributed by atoms with E-state index < -0.39 is 17.0 Å². The Morgan fingerprint density at radius 1 is 1.17 bits per heavy atom. The number of benzene rings is 1. The third kappa shape index (κ3) is 3.57. The maximum Gasteiger partial charge on any atom is 0.331 e. The predicted molar refractivity (Wildman–Crippen MR) is 107 cm³/mol. The number of oxazole rings is 1. The summed E-state index contributed by atoms with van der Waals surface area (Å²) >= 11 is 0. The van der Waals surface area contributed by atoms with Crippen molar-refractivity contribution in [3.05, 3.63) is 58.9 Å². The Bertz CT molecular complexity index is 1060. The molecule has 1 atom stereocenters. The van der Waals surface area contributed by atoms with E-state index in [0.717, 1.165) is 44.2 Å². The largest absolute Gasteiger partial charge is 0.447 e. The number of carbonyl (C=O) groups excluding carboxylic acids is 1. The number of aromatic nitrogens is 3. The minimum absolute atomic E-state index is 0.273. The molecular weight excluding hydrogens is 390 g/mol. The Hall–Kier alpha value is -2.94. The highest BCUT2D eigenvalue weighted by Crippen LogP contribution is 2.38. The first-order valence-electron chi connectivity index (χ1n) is 9.75. The van der Waals surface area contributed by atoms with Crippen LogP contribution in [-0.4, -0.2) is 25.0 Å². The van der Waals surface area contributed by atoms with Gasteiger partial charge in [0, 0.05) is 11.9 Å². The number of hydrogen-bond acceptors (Lipinski definition) is 5. The highest BCUT2D eigenvalue weighted by Gasteiger charge is 2.25. The molecule has 0 spiro atoms. The first kappa shape index (κ1) is 18.1. The molecule has 1 aromatic carbocycles. The van der Waals surface area contributed by atoms with Crippen LogP contribution in [0.25, 0.3) is 0 Å². The van der Waals surface area contributed by atoms with Crippen molar-refractivity contribution in [3.63, 3.8) is 0 Å². The number of urea groups is 1. The SMILES string of the molecule is O=C(Nc1c2c(cc3c1CCC3)CCC2)NS(=O)c1ccn(Cc2ncco2)n1. The second-order valence-electron chi connectivity index (χ2n) is 7.34. The van der Waals surface area contributed by atoms with Crippen molar-refractivity contribution in [2.75, 3.05) is 5.32 Å². The van der Waals surface area contributed by atoms with Crippen molar-refractivity contribution in [2.24, 2.45) is 0 Å². The molecule has 2 aliphatic carbocycles. The van der Waals surface area contributed by atoms with Gasteiger partial charge in [0.15, 0.2) is 16.0 Å². The summed E-state index contributed by atoms with van der Waals surface area (Å²) in [6, 6.07) is 3.45. The lowest BCUT2D eigenvalue weighted by molar-refractivity contribution is 0.257. The molecule has 0 saturated carbocycles. The van der Waals surface area contributed by atoms with Gasteiger partial charge in [-0.1, -0.05) is 6.07 Å². The standard InChI is InChI=1S/C20H21N5O3S/c26-20(22-19-15-5-1-3-13(15)11-14-4-2-6-16(14)19)24-29(27)18-7-9-25(23-18)12-17-21-8-10-28-17/h7-11H,1-6,12H2,(H2,22,24,26). The molecule has 5 rings (SSSR count). The quantitative estimate of drug-likeness (QED) is 0.672. The predicted octanol–water partition coefficient (Wildman–Crippen LogP) is 2.74. The van der Waals surface area contributed by atoms with E-state index in [1.807, 2.05) is 0 Å². The molecule has 2 heterocycles. The minimum atomic E-state index is -1.76. The summed E-state index contributed by atoms with van der Waals surface area (Å²) in [4.78, 5) is 16.6. The summed E-state index contributed by atoms with van der Waals surface area (Å²) in [5.74, 6) is 0.503. The third-order valence-electron chi connectivity index (χ3n) is 5.48. The summed E-state index contributed by atoms with van der Waals surface area (Å²) in [6.45, 7) is 0.332. The van der Waals surface area contributed by atoms with E-state index in [9.17, 15) is 9.00 Å². The molecule has 0 aliphatic heterocycles. The fourth-order valence-electron chi connectivity index (χ4n) is 4.24. The molecule has 0 bridgehead atoms. The second kappa shape index (κ2) is 7.47. The van der Waals surface area contributed by atoms with Gasteiger partial charge in [-0.15, -0.1) is 0 Å². The summed E-state index contributed by atoms with van der Waals surface area (Å²) in [5, 5.41) is 7.49. The van der Waals surface area contributed by atoms with Crippen molar-refractivity contribution in [1.29, 1.82) is 0 Å². The van der Waals surface area contributed by atoms with Gasteiger partial charge in [-0.3, -0.25) is 9.40 Å². The molecule has 9 heteroatoms. The minimum Gasteiger partial charge on any atom is -0.447 e. The van der Waals surface area contributed by atoms with Gasteiger partial charge in [0.25, 0.3) is 0 Å². The Kier molecular flexibility index (Phi) is 4.67. The number of hydrogen-bond donors (Lipinski definition) is 2. The van der Waals surface area contributed by atoms with E-state index in [1.165, 1.54) is 28.5 Å². The Labute approximate surface area is 170 Å². The lowest BCUT2D eigenvalue weighted by Crippen LogP contribution is -2.31. The first-order chi connectivity index (χ1) is 14.2. The van der Waals surface area contributed by atoms with Gasteiger partial charge in [0.05, 0.1) is 6.20 Å². The number of fused-ring (bicyclic) bond motifs is 2. The summed E-state index contributed by atoms with van der Waals surface area (Å²) in [7, 11) is -1.76. The maximum atomic E-state index is 12.6. The van der Waals surface area contributed by atoms with Gasteiger partial charge in [-0.25, -0.2) is 14.0 Å². The van der Waals surface area contributed by atoms with Crippen LogP contribution in [0.2, 0.25) is 0 Å². The number of aryl methyl sites for hydroxylation is 2. The van der Waals surface area contributed by atoms with Crippen molar-refractivity contribution in [3.8, 4) is 0 Å². The highest BCUT2D eigenvalue weighted by molar-refractivity contribution is 7.83. The van der Waals surface area contributed by atoms with Crippen LogP contribution in [-0.2, 0) is 43.2 Å². The Morgan fingerprint density at radius 2 is 1.93 bits per heavy atom. The number of anilines is 1. The smallest absolute Gasteiger partial charge is 0.331 e. The molecule has 2 aliphatic rings. The molecule has 1 unspecified atom stereocenters. The molecule has 150 valence electrons. The highest BCUT2D eigenvalue weighted by atomic mass is 32.2. The lowest BCUT2D eigenvalue weighted by atomic mass is 9.99. The van der Waals surface area contributed by atoms with Crippen molar-refractivity contribution >= 4 is 22.7 Å². The molecule has 0 fully saturated rings. The average molecular weight is 411 g/mol. The summed E-state index contributed by atoms with van der Waals surface area (Å²) in [5.41, 5.74) is 6.08. The van der Waals surface area contributed by atoms with E-state index in [1.54, 1.807) is 23.1 Å². The van der Waals surface area contributed by atoms with Crippen LogP contribution in [0.15, 0.2) is 40.2 Å². The maximum absolute atomic E-state index is 12.6. The molecule has 0 saturated heterocycles. The zero-order valence-corrected chi connectivity index (χ0v) is 16.6. The van der Waals surface area contributed by atoms with Gasteiger partial charge in [0.1, 0.15) is 12.8 Å². The molecule has 2 aromatic heterocycles. The van der Waals surface area contributed by atoms with E-state index >= 15 is 0 Å². The zero-order chi connectivity index (χ0) is 19.8. The summed E-state index contributed by atoms with van der Waals surface area (Å²) < 4.78 is 21.8. The molecule has 2 amide bonds. The fourth-order valence-corrected chi connectivity index (χ4v) is 4.93. The topological polar surface area (TPSA) is 102 Å². The number of amides is 2. The average Bonchev–Trinajstić information content (AvgIpc) is 3.49. The van der Waals surface area contributed by atoms with Gasteiger partial charge >= 0.3 is 6.03 Å². The van der Waals surface area contributed by atoms with Gasteiger partial charge in [0.2, 0.25) is 5.89 Å². The Balaban J connectivity index is 1.28. The molecular formula is C20H21N5O3S. The molecule has 3 aromatic rings. The first-order valence-corrected chi connectivity index (χ1v) is 10.9. The second-order valence-corrected chi connectivity index (χ2v) is 8.50. The van der Waals surface area contributed by atoms with Crippen LogP contribution in [0.3, 0.4) is 0 Å². The molecule has 29 heavy (non-hydrogen) atoms. The normalized spacial score (nSPS) is 15.7. The Morgan fingerprint density at radius 3 is 2.62 bits per heavy atom. The monoisotopic (exact) mass is 411 g/mol. The van der Waals surface area contributed by atoms with Gasteiger partial charge < -0.3 is 9.73 Å². The number of rotatable bonds is 5. The lowest BCUT2D eigenvalue weighted by Gasteiger charge is -2.16. The molecule has 2 N–H and O–H groups in total. The van der Waals surface area contributed by atoms with E-state index in [-0.39, 0.29) is 5.03 Å². The zero-order valence-electron chi connectivity index (χ0n) is 15.8. The van der Waals surface area contributed by atoms with Crippen LogP contribution in [0.1, 0.15) is 41.0 Å². The number of nitrogens with one attached hydrogen (secondary N) is 2. The van der Waals surface area contributed by atoms with E-state index in [4.69, 9.17) is 4.42 Å². The van der Waals surface area contributed by atoms with Crippen LogP contribution >= 0.6 is 0 Å². The third-order valence-corrected chi connectivity index (χ3v) is 6.45. The molecule has 0 radical (unpaired) electrons. The van der Waals surface area contributed by atoms with Crippen LogP contribution in [0.4, 0.5) is 10.5 Å². The van der Waals surface area contributed by atoms with Crippen LogP contribution in [0, 0.1) is 0 Å². The van der Waals surface area contributed by atoms with Crippen molar-refractivity contribution in [2.45, 2.75) is 50.1 Å².